The zero-order valence-corrected chi connectivity index (χ0v) is 14.2. The highest BCUT2D eigenvalue weighted by Gasteiger charge is 2.26. The van der Waals surface area contributed by atoms with E-state index >= 15 is 0 Å². The summed E-state index contributed by atoms with van der Waals surface area (Å²) in [5, 5.41) is 2.53. The molecule has 0 aliphatic rings. The predicted octanol–water partition coefficient (Wildman–Crippen LogP) is 2.70. The molecule has 1 rings (SSSR count). The van der Waals surface area contributed by atoms with E-state index in [1.54, 1.807) is 13.0 Å². The second-order valence-corrected chi connectivity index (χ2v) is 6.05. The van der Waals surface area contributed by atoms with E-state index < -0.39 is 11.8 Å². The van der Waals surface area contributed by atoms with Crippen LogP contribution in [0.1, 0.15) is 44.4 Å². The zero-order chi connectivity index (χ0) is 17.0. The number of amides is 2. The summed E-state index contributed by atoms with van der Waals surface area (Å²) in [6, 6.07) is 2.92. The molecule has 0 spiro atoms. The molecule has 0 heterocycles. The minimum atomic E-state index is -0.706. The van der Waals surface area contributed by atoms with Crippen LogP contribution in [0.4, 0.5) is 4.39 Å². The van der Waals surface area contributed by atoms with Gasteiger partial charge >= 0.3 is 11.8 Å². The molecule has 122 valence electrons. The Labute approximate surface area is 131 Å². The lowest BCUT2D eigenvalue weighted by Crippen LogP contribution is -2.49. The van der Waals surface area contributed by atoms with Gasteiger partial charge in [0.1, 0.15) is 5.82 Å². The van der Waals surface area contributed by atoms with Crippen molar-refractivity contribution in [2.75, 3.05) is 0 Å². The zero-order valence-electron chi connectivity index (χ0n) is 14.2. The molecule has 0 saturated heterocycles. The van der Waals surface area contributed by atoms with Crippen molar-refractivity contribution in [1.82, 2.24) is 10.2 Å². The molecule has 22 heavy (non-hydrogen) atoms. The summed E-state index contributed by atoms with van der Waals surface area (Å²) in [5.41, 5.74) is 2.15. The van der Waals surface area contributed by atoms with Gasteiger partial charge in [-0.1, -0.05) is 6.07 Å². The van der Waals surface area contributed by atoms with Crippen LogP contribution >= 0.6 is 0 Å². The molecular weight excluding hydrogens is 283 g/mol. The minimum absolute atomic E-state index is 0.00789. The highest BCUT2D eigenvalue weighted by molar-refractivity contribution is 6.35. The number of nitrogens with zero attached hydrogens (tertiary/aromatic N) is 1. The fraction of sp³-hybridized carbons (Fsp3) is 0.529. The average molecular weight is 308 g/mol. The molecule has 0 aliphatic carbocycles. The average Bonchev–Trinajstić information content (AvgIpc) is 2.41. The summed E-state index contributed by atoms with van der Waals surface area (Å²) in [7, 11) is 0. The topological polar surface area (TPSA) is 49.4 Å². The standard InChI is InChI=1S/C17H25FN2O2/c1-10(2)20(11(3)4)17(22)16(21)19-9-14-13(6)12(5)7-8-15(14)18/h7-8,10-11H,9H2,1-6H3,(H,19,21). The van der Waals surface area contributed by atoms with Gasteiger partial charge in [-0.05, 0) is 58.7 Å². The van der Waals surface area contributed by atoms with Crippen LogP contribution in [0.5, 0.6) is 0 Å². The number of benzene rings is 1. The number of halogens is 1. The van der Waals surface area contributed by atoms with Crippen LogP contribution in [-0.2, 0) is 16.1 Å². The molecule has 0 aliphatic heterocycles. The lowest BCUT2D eigenvalue weighted by Gasteiger charge is -2.30. The summed E-state index contributed by atoms with van der Waals surface area (Å²) >= 11 is 0. The lowest BCUT2D eigenvalue weighted by atomic mass is 10.0. The molecule has 1 aromatic rings. The van der Waals surface area contributed by atoms with Crippen molar-refractivity contribution in [3.05, 3.63) is 34.6 Å². The van der Waals surface area contributed by atoms with Gasteiger partial charge in [-0.15, -0.1) is 0 Å². The molecular formula is C17H25FN2O2. The number of nitrogens with one attached hydrogen (secondary N) is 1. The smallest absolute Gasteiger partial charge is 0.312 e. The molecule has 4 nitrogen and oxygen atoms in total. The van der Waals surface area contributed by atoms with Crippen LogP contribution < -0.4 is 5.32 Å². The first-order valence-electron chi connectivity index (χ1n) is 7.51. The van der Waals surface area contributed by atoms with Crippen LogP contribution in [0, 0.1) is 19.7 Å². The molecule has 5 heteroatoms. The third-order valence-corrected chi connectivity index (χ3v) is 3.78. The summed E-state index contributed by atoms with van der Waals surface area (Å²) < 4.78 is 13.9. The molecule has 0 bridgehead atoms. The quantitative estimate of drug-likeness (QED) is 0.870. The minimum Gasteiger partial charge on any atom is -0.344 e. The van der Waals surface area contributed by atoms with E-state index in [-0.39, 0.29) is 24.4 Å². The Morgan fingerprint density at radius 3 is 2.18 bits per heavy atom. The molecule has 2 amide bonds. The van der Waals surface area contributed by atoms with Crippen molar-refractivity contribution in [3.63, 3.8) is 0 Å². The third-order valence-electron chi connectivity index (χ3n) is 3.78. The molecule has 0 atom stereocenters. The van der Waals surface area contributed by atoms with E-state index in [0.717, 1.165) is 11.1 Å². The maximum atomic E-state index is 13.9. The molecule has 0 aromatic heterocycles. The first-order valence-corrected chi connectivity index (χ1v) is 7.51. The number of hydrogen-bond donors (Lipinski definition) is 1. The number of hydrogen-bond acceptors (Lipinski definition) is 2. The largest absolute Gasteiger partial charge is 0.344 e. The Balaban J connectivity index is 2.83. The second-order valence-electron chi connectivity index (χ2n) is 6.05. The van der Waals surface area contributed by atoms with E-state index in [9.17, 15) is 14.0 Å². The maximum Gasteiger partial charge on any atom is 0.312 e. The van der Waals surface area contributed by atoms with Gasteiger partial charge in [0.15, 0.2) is 0 Å². The van der Waals surface area contributed by atoms with Crippen LogP contribution in [0.3, 0.4) is 0 Å². The van der Waals surface area contributed by atoms with Crippen LogP contribution in [-0.4, -0.2) is 28.8 Å². The maximum absolute atomic E-state index is 13.9. The third kappa shape index (κ3) is 4.06. The van der Waals surface area contributed by atoms with Gasteiger partial charge < -0.3 is 10.2 Å². The van der Waals surface area contributed by atoms with Crippen molar-refractivity contribution in [3.8, 4) is 0 Å². The highest BCUT2D eigenvalue weighted by Crippen LogP contribution is 2.16. The lowest BCUT2D eigenvalue weighted by molar-refractivity contribution is -0.148. The Morgan fingerprint density at radius 1 is 1.14 bits per heavy atom. The first kappa shape index (κ1) is 18.1. The number of aryl methyl sites for hydroxylation is 1. The summed E-state index contributed by atoms with van der Waals surface area (Å²) in [4.78, 5) is 25.8. The normalized spacial score (nSPS) is 11.0. The summed E-state index contributed by atoms with van der Waals surface area (Å²) in [6.45, 7) is 11.1. The van der Waals surface area contributed by atoms with Crippen molar-refractivity contribution in [2.24, 2.45) is 0 Å². The summed E-state index contributed by atoms with van der Waals surface area (Å²) in [6.07, 6.45) is 0. The SMILES string of the molecule is Cc1ccc(F)c(CNC(=O)C(=O)N(C(C)C)C(C)C)c1C. The molecule has 0 unspecified atom stereocenters. The van der Waals surface area contributed by atoms with Crippen molar-refractivity contribution < 1.29 is 14.0 Å². The monoisotopic (exact) mass is 308 g/mol. The van der Waals surface area contributed by atoms with E-state index in [1.807, 2.05) is 34.6 Å². The molecule has 1 aromatic carbocycles. The first-order chi connectivity index (χ1) is 10.2. The molecule has 0 radical (unpaired) electrons. The molecule has 1 N–H and O–H groups in total. The van der Waals surface area contributed by atoms with Gasteiger partial charge in [0, 0.05) is 24.2 Å². The van der Waals surface area contributed by atoms with Gasteiger partial charge in [-0.25, -0.2) is 4.39 Å². The van der Waals surface area contributed by atoms with Crippen molar-refractivity contribution in [2.45, 2.75) is 60.2 Å². The molecule has 0 saturated carbocycles. The van der Waals surface area contributed by atoms with Gasteiger partial charge in [0.25, 0.3) is 0 Å². The van der Waals surface area contributed by atoms with E-state index in [1.165, 1.54) is 11.0 Å². The van der Waals surface area contributed by atoms with Gasteiger partial charge in [-0.2, -0.15) is 0 Å². The number of carbonyl (C=O) groups excluding carboxylic acids is 2. The van der Waals surface area contributed by atoms with E-state index in [0.29, 0.717) is 5.56 Å². The fourth-order valence-corrected chi connectivity index (χ4v) is 2.48. The van der Waals surface area contributed by atoms with Crippen LogP contribution in [0.25, 0.3) is 0 Å². The Kier molecular flexibility index (Phi) is 6.09. The second kappa shape index (κ2) is 7.38. The Bertz CT molecular complexity index is 560. The number of carbonyl (C=O) groups is 2. The Morgan fingerprint density at radius 2 is 1.68 bits per heavy atom. The molecule has 0 fully saturated rings. The highest BCUT2D eigenvalue weighted by atomic mass is 19.1. The van der Waals surface area contributed by atoms with E-state index in [2.05, 4.69) is 5.32 Å². The van der Waals surface area contributed by atoms with Crippen molar-refractivity contribution in [1.29, 1.82) is 0 Å². The van der Waals surface area contributed by atoms with Crippen molar-refractivity contribution >= 4 is 11.8 Å². The van der Waals surface area contributed by atoms with Crippen LogP contribution in [0.15, 0.2) is 12.1 Å². The fourth-order valence-electron chi connectivity index (χ4n) is 2.48. The Hall–Kier alpha value is -1.91. The van der Waals surface area contributed by atoms with Gasteiger partial charge in [0.2, 0.25) is 0 Å². The predicted molar refractivity (Wildman–Crippen MR) is 84.8 cm³/mol. The summed E-state index contributed by atoms with van der Waals surface area (Å²) in [5.74, 6) is -1.67. The van der Waals surface area contributed by atoms with Gasteiger partial charge in [0.05, 0.1) is 0 Å². The van der Waals surface area contributed by atoms with Gasteiger partial charge in [-0.3, -0.25) is 9.59 Å². The number of rotatable bonds is 4. The van der Waals surface area contributed by atoms with E-state index in [4.69, 9.17) is 0 Å². The van der Waals surface area contributed by atoms with Crippen LogP contribution in [0.2, 0.25) is 0 Å².